The Morgan fingerprint density at radius 2 is 1.96 bits per heavy atom. The number of benzene rings is 1. The summed E-state index contributed by atoms with van der Waals surface area (Å²) < 4.78 is 16.4. The van der Waals surface area contributed by atoms with E-state index >= 15 is 0 Å². The lowest BCUT2D eigenvalue weighted by Gasteiger charge is -2.25. The molecule has 0 aliphatic carbocycles. The van der Waals surface area contributed by atoms with Gasteiger partial charge in [0.2, 0.25) is 5.91 Å². The standard InChI is InChI=1S/C19H24N2O4/c1-13(2)19(14-5-6-16-17(10-14)25-9-8-24-16)21-12-18(22)20-11-15-4-3-7-23-15/h3-7,10,13,19,21H,8-9,11-12H2,1-2H3,(H,20,22). The third kappa shape index (κ3) is 4.54. The second kappa shape index (κ2) is 8.07. The van der Waals surface area contributed by atoms with E-state index in [1.807, 2.05) is 24.3 Å². The van der Waals surface area contributed by atoms with Crippen LogP contribution in [0.15, 0.2) is 41.0 Å². The van der Waals surface area contributed by atoms with Crippen LogP contribution < -0.4 is 20.1 Å². The number of carbonyl (C=O) groups is 1. The van der Waals surface area contributed by atoms with E-state index in [2.05, 4.69) is 24.5 Å². The Hall–Kier alpha value is -2.47. The predicted octanol–water partition coefficient (Wildman–Crippen LogP) is 2.65. The molecule has 1 aromatic carbocycles. The molecule has 0 bridgehead atoms. The highest BCUT2D eigenvalue weighted by Crippen LogP contribution is 2.34. The molecule has 1 aliphatic rings. The van der Waals surface area contributed by atoms with Crippen LogP contribution in [0.1, 0.15) is 31.2 Å². The third-order valence-electron chi connectivity index (χ3n) is 4.11. The summed E-state index contributed by atoms with van der Waals surface area (Å²) in [7, 11) is 0. The van der Waals surface area contributed by atoms with Gasteiger partial charge in [-0.15, -0.1) is 0 Å². The molecule has 0 radical (unpaired) electrons. The van der Waals surface area contributed by atoms with Crippen LogP contribution >= 0.6 is 0 Å². The molecule has 1 aliphatic heterocycles. The normalized spacial score (nSPS) is 14.4. The molecule has 1 amide bonds. The number of amides is 1. The zero-order valence-electron chi connectivity index (χ0n) is 14.6. The van der Waals surface area contributed by atoms with Crippen molar-refractivity contribution >= 4 is 5.91 Å². The van der Waals surface area contributed by atoms with Crippen molar-refractivity contribution < 1.29 is 18.7 Å². The number of hydrogen-bond donors (Lipinski definition) is 2. The van der Waals surface area contributed by atoms with Gasteiger partial charge in [0.1, 0.15) is 19.0 Å². The maximum absolute atomic E-state index is 12.1. The molecule has 2 N–H and O–H groups in total. The fourth-order valence-electron chi connectivity index (χ4n) is 2.86. The molecule has 1 aromatic heterocycles. The van der Waals surface area contributed by atoms with Gasteiger partial charge in [-0.3, -0.25) is 4.79 Å². The number of rotatable bonds is 7. The minimum absolute atomic E-state index is 0.0465. The molecular weight excluding hydrogens is 320 g/mol. The molecule has 25 heavy (non-hydrogen) atoms. The molecule has 134 valence electrons. The van der Waals surface area contributed by atoms with Gasteiger partial charge >= 0.3 is 0 Å². The monoisotopic (exact) mass is 344 g/mol. The van der Waals surface area contributed by atoms with Crippen molar-refractivity contribution in [3.8, 4) is 11.5 Å². The lowest BCUT2D eigenvalue weighted by molar-refractivity contribution is -0.120. The minimum Gasteiger partial charge on any atom is -0.486 e. The van der Waals surface area contributed by atoms with Crippen molar-refractivity contribution in [2.45, 2.75) is 26.4 Å². The van der Waals surface area contributed by atoms with Gasteiger partial charge in [-0.25, -0.2) is 0 Å². The Morgan fingerprint density at radius 1 is 1.16 bits per heavy atom. The van der Waals surface area contributed by atoms with Gasteiger partial charge in [0.15, 0.2) is 11.5 Å². The van der Waals surface area contributed by atoms with Gasteiger partial charge in [-0.1, -0.05) is 19.9 Å². The van der Waals surface area contributed by atoms with Crippen molar-refractivity contribution in [1.82, 2.24) is 10.6 Å². The summed E-state index contributed by atoms with van der Waals surface area (Å²) in [6.07, 6.45) is 1.59. The van der Waals surface area contributed by atoms with Crippen LogP contribution in [-0.2, 0) is 11.3 Å². The quantitative estimate of drug-likeness (QED) is 0.808. The van der Waals surface area contributed by atoms with E-state index in [1.165, 1.54) is 0 Å². The minimum atomic E-state index is -0.0698. The van der Waals surface area contributed by atoms with Crippen molar-refractivity contribution in [3.63, 3.8) is 0 Å². The average Bonchev–Trinajstić information content (AvgIpc) is 3.13. The van der Waals surface area contributed by atoms with Gasteiger partial charge in [-0.05, 0) is 35.7 Å². The van der Waals surface area contributed by atoms with Crippen LogP contribution in [-0.4, -0.2) is 25.7 Å². The van der Waals surface area contributed by atoms with Crippen LogP contribution in [0.25, 0.3) is 0 Å². The Kier molecular flexibility index (Phi) is 5.60. The number of nitrogens with one attached hydrogen (secondary N) is 2. The molecule has 0 saturated heterocycles. The Bertz CT molecular complexity index is 697. The van der Waals surface area contributed by atoms with E-state index < -0.39 is 0 Å². The summed E-state index contributed by atoms with van der Waals surface area (Å²) in [5, 5.41) is 6.17. The Morgan fingerprint density at radius 3 is 2.68 bits per heavy atom. The van der Waals surface area contributed by atoms with E-state index in [0.717, 1.165) is 22.8 Å². The topological polar surface area (TPSA) is 72.7 Å². The number of ether oxygens (including phenoxy) is 2. The van der Waals surface area contributed by atoms with Crippen molar-refractivity contribution in [3.05, 3.63) is 47.9 Å². The molecule has 1 atom stereocenters. The summed E-state index contributed by atoms with van der Waals surface area (Å²) in [5.41, 5.74) is 1.08. The lowest BCUT2D eigenvalue weighted by atomic mass is 9.95. The molecule has 0 spiro atoms. The Labute approximate surface area is 147 Å². The maximum atomic E-state index is 12.1. The Balaban J connectivity index is 1.58. The van der Waals surface area contributed by atoms with Crippen LogP contribution in [0.2, 0.25) is 0 Å². The van der Waals surface area contributed by atoms with E-state index in [4.69, 9.17) is 13.9 Å². The molecule has 6 heteroatoms. The molecule has 3 rings (SSSR count). The highest BCUT2D eigenvalue weighted by molar-refractivity contribution is 5.78. The molecule has 1 unspecified atom stereocenters. The van der Waals surface area contributed by atoms with Gasteiger partial charge in [0, 0.05) is 6.04 Å². The largest absolute Gasteiger partial charge is 0.486 e. The number of furan rings is 1. The number of fused-ring (bicyclic) bond motifs is 1. The first kappa shape index (κ1) is 17.4. The van der Waals surface area contributed by atoms with Crippen molar-refractivity contribution in [2.75, 3.05) is 19.8 Å². The highest BCUT2D eigenvalue weighted by Gasteiger charge is 2.20. The van der Waals surface area contributed by atoms with Crippen molar-refractivity contribution in [1.29, 1.82) is 0 Å². The molecule has 2 aromatic rings. The molecule has 0 fully saturated rings. The summed E-state index contributed by atoms with van der Waals surface area (Å²) in [6.45, 7) is 6.01. The van der Waals surface area contributed by atoms with Gasteiger partial charge in [0.05, 0.1) is 19.4 Å². The second-order valence-electron chi connectivity index (χ2n) is 6.36. The summed E-state index contributed by atoms with van der Waals surface area (Å²) in [6, 6.07) is 9.62. The van der Waals surface area contributed by atoms with Gasteiger partial charge in [0.25, 0.3) is 0 Å². The fourth-order valence-corrected chi connectivity index (χ4v) is 2.86. The first-order chi connectivity index (χ1) is 12.1. The van der Waals surface area contributed by atoms with Crippen LogP contribution in [0.5, 0.6) is 11.5 Å². The summed E-state index contributed by atoms with van der Waals surface area (Å²) >= 11 is 0. The predicted molar refractivity (Wildman–Crippen MR) is 93.6 cm³/mol. The lowest BCUT2D eigenvalue weighted by Crippen LogP contribution is -2.37. The number of hydrogen-bond acceptors (Lipinski definition) is 5. The zero-order chi connectivity index (χ0) is 17.6. The second-order valence-corrected chi connectivity index (χ2v) is 6.36. The first-order valence-corrected chi connectivity index (χ1v) is 8.55. The van der Waals surface area contributed by atoms with E-state index in [1.54, 1.807) is 12.3 Å². The fraction of sp³-hybridized carbons (Fsp3) is 0.421. The van der Waals surface area contributed by atoms with E-state index in [0.29, 0.717) is 25.7 Å². The molecular formula is C19H24N2O4. The first-order valence-electron chi connectivity index (χ1n) is 8.55. The third-order valence-corrected chi connectivity index (χ3v) is 4.11. The summed E-state index contributed by atoms with van der Waals surface area (Å²) in [4.78, 5) is 12.1. The molecule has 0 saturated carbocycles. The zero-order valence-corrected chi connectivity index (χ0v) is 14.6. The maximum Gasteiger partial charge on any atom is 0.234 e. The number of carbonyl (C=O) groups excluding carboxylic acids is 1. The highest BCUT2D eigenvalue weighted by atomic mass is 16.6. The van der Waals surface area contributed by atoms with Crippen LogP contribution in [0, 0.1) is 5.92 Å². The SMILES string of the molecule is CC(C)C(NCC(=O)NCc1ccco1)c1ccc2c(c1)OCCO2. The van der Waals surface area contributed by atoms with Crippen molar-refractivity contribution in [2.24, 2.45) is 5.92 Å². The average molecular weight is 344 g/mol. The smallest absolute Gasteiger partial charge is 0.234 e. The summed E-state index contributed by atoms with van der Waals surface area (Å²) in [5.74, 6) is 2.52. The van der Waals surface area contributed by atoms with E-state index in [-0.39, 0.29) is 18.5 Å². The molecule has 6 nitrogen and oxygen atoms in total. The van der Waals surface area contributed by atoms with Gasteiger partial charge in [-0.2, -0.15) is 0 Å². The van der Waals surface area contributed by atoms with Crippen LogP contribution in [0.4, 0.5) is 0 Å². The van der Waals surface area contributed by atoms with Gasteiger partial charge < -0.3 is 24.5 Å². The van der Waals surface area contributed by atoms with Crippen LogP contribution in [0.3, 0.4) is 0 Å². The van der Waals surface area contributed by atoms with E-state index in [9.17, 15) is 4.79 Å². The molecule has 2 heterocycles.